The first-order valence-electron chi connectivity index (χ1n) is 6.93. The third-order valence-electron chi connectivity index (χ3n) is 3.05. The molecule has 20 heavy (non-hydrogen) atoms. The normalized spacial score (nSPS) is 10.3. The summed E-state index contributed by atoms with van der Waals surface area (Å²) in [5.41, 5.74) is 2.29. The van der Waals surface area contributed by atoms with Gasteiger partial charge in [0.15, 0.2) is 0 Å². The predicted molar refractivity (Wildman–Crippen MR) is 83.0 cm³/mol. The molecule has 4 nitrogen and oxygen atoms in total. The molecular formula is C16H21N3O. The van der Waals surface area contributed by atoms with Crippen molar-refractivity contribution in [2.45, 2.75) is 13.5 Å². The molecule has 0 unspecified atom stereocenters. The highest BCUT2D eigenvalue weighted by Gasteiger charge is 2.08. The molecule has 106 valence electrons. The molecule has 4 heteroatoms. The number of anilines is 2. The maximum absolute atomic E-state index is 9.28. The van der Waals surface area contributed by atoms with Crippen molar-refractivity contribution in [3.8, 4) is 0 Å². The van der Waals surface area contributed by atoms with Crippen LogP contribution >= 0.6 is 0 Å². The lowest BCUT2D eigenvalue weighted by atomic mass is 10.2. The molecule has 0 amide bonds. The standard InChI is InChI=1S/C16H21N3O/c1-2-17-16-12-15(8-9-18-16)19(10-11-20)13-14-6-4-3-5-7-14/h3-9,12,20H,2,10-11,13H2,1H3,(H,17,18). The molecule has 1 heterocycles. The molecule has 2 rings (SSSR count). The highest BCUT2D eigenvalue weighted by atomic mass is 16.3. The first-order chi connectivity index (χ1) is 9.83. The van der Waals surface area contributed by atoms with Gasteiger partial charge >= 0.3 is 0 Å². The molecular weight excluding hydrogens is 250 g/mol. The maximum Gasteiger partial charge on any atom is 0.127 e. The summed E-state index contributed by atoms with van der Waals surface area (Å²) < 4.78 is 0. The smallest absolute Gasteiger partial charge is 0.127 e. The third-order valence-corrected chi connectivity index (χ3v) is 3.05. The van der Waals surface area contributed by atoms with E-state index in [9.17, 15) is 5.11 Å². The Kier molecular flexibility index (Phi) is 5.38. The number of nitrogens with one attached hydrogen (secondary N) is 1. The van der Waals surface area contributed by atoms with Crippen molar-refractivity contribution >= 4 is 11.5 Å². The highest BCUT2D eigenvalue weighted by Crippen LogP contribution is 2.19. The number of aliphatic hydroxyl groups excluding tert-OH is 1. The quantitative estimate of drug-likeness (QED) is 0.812. The number of hydrogen-bond donors (Lipinski definition) is 2. The van der Waals surface area contributed by atoms with Gasteiger partial charge in [-0.25, -0.2) is 4.98 Å². The Morgan fingerprint density at radius 2 is 2.00 bits per heavy atom. The van der Waals surface area contributed by atoms with Crippen LogP contribution in [0.15, 0.2) is 48.7 Å². The van der Waals surface area contributed by atoms with Crippen LogP contribution in [0.25, 0.3) is 0 Å². The Morgan fingerprint density at radius 1 is 1.20 bits per heavy atom. The fraction of sp³-hybridized carbons (Fsp3) is 0.312. The molecule has 2 N–H and O–H groups in total. The summed E-state index contributed by atoms with van der Waals surface area (Å²) in [7, 11) is 0. The van der Waals surface area contributed by atoms with E-state index in [1.165, 1.54) is 5.56 Å². The van der Waals surface area contributed by atoms with Gasteiger partial charge in [0, 0.05) is 37.6 Å². The molecule has 0 aliphatic carbocycles. The van der Waals surface area contributed by atoms with Crippen LogP contribution in [-0.2, 0) is 6.54 Å². The molecule has 0 aliphatic heterocycles. The molecule has 0 saturated carbocycles. The summed E-state index contributed by atoms with van der Waals surface area (Å²) in [6.45, 7) is 4.39. The highest BCUT2D eigenvalue weighted by molar-refractivity contribution is 5.54. The molecule has 0 bridgehead atoms. The molecule has 1 aromatic carbocycles. The van der Waals surface area contributed by atoms with Crippen molar-refractivity contribution in [2.75, 3.05) is 29.9 Å². The summed E-state index contributed by atoms with van der Waals surface area (Å²) in [5.74, 6) is 0.862. The Hall–Kier alpha value is -2.07. The van der Waals surface area contributed by atoms with Crippen molar-refractivity contribution in [1.82, 2.24) is 4.98 Å². The minimum Gasteiger partial charge on any atom is -0.395 e. The minimum atomic E-state index is 0.131. The third kappa shape index (κ3) is 3.96. The van der Waals surface area contributed by atoms with E-state index in [-0.39, 0.29) is 6.61 Å². The van der Waals surface area contributed by atoms with Crippen molar-refractivity contribution in [1.29, 1.82) is 0 Å². The Bertz CT molecular complexity index is 516. The van der Waals surface area contributed by atoms with E-state index in [1.54, 1.807) is 6.20 Å². The molecule has 0 fully saturated rings. The fourth-order valence-electron chi connectivity index (χ4n) is 2.12. The minimum absolute atomic E-state index is 0.131. The van der Waals surface area contributed by atoms with Gasteiger partial charge in [0.1, 0.15) is 5.82 Å². The lowest BCUT2D eigenvalue weighted by Crippen LogP contribution is -2.26. The zero-order chi connectivity index (χ0) is 14.2. The van der Waals surface area contributed by atoms with Gasteiger partial charge in [-0.15, -0.1) is 0 Å². The van der Waals surface area contributed by atoms with Gasteiger partial charge in [0.2, 0.25) is 0 Å². The van der Waals surface area contributed by atoms with E-state index in [4.69, 9.17) is 0 Å². The zero-order valence-electron chi connectivity index (χ0n) is 11.8. The number of hydrogen-bond acceptors (Lipinski definition) is 4. The van der Waals surface area contributed by atoms with Crippen LogP contribution in [0.2, 0.25) is 0 Å². The predicted octanol–water partition coefficient (Wildman–Crippen LogP) is 2.51. The van der Waals surface area contributed by atoms with Crippen LogP contribution in [0.3, 0.4) is 0 Å². The van der Waals surface area contributed by atoms with Crippen molar-refractivity contribution in [3.63, 3.8) is 0 Å². The van der Waals surface area contributed by atoms with E-state index in [1.807, 2.05) is 37.3 Å². The monoisotopic (exact) mass is 271 g/mol. The molecule has 0 saturated heterocycles. The molecule has 1 aromatic heterocycles. The summed E-state index contributed by atoms with van der Waals surface area (Å²) in [5, 5.41) is 12.5. The first kappa shape index (κ1) is 14.3. The van der Waals surface area contributed by atoms with Gasteiger partial charge in [-0.05, 0) is 18.6 Å². The Balaban J connectivity index is 2.17. The molecule has 2 aromatic rings. The van der Waals surface area contributed by atoms with Gasteiger partial charge in [0.25, 0.3) is 0 Å². The number of pyridine rings is 1. The van der Waals surface area contributed by atoms with Crippen molar-refractivity contribution < 1.29 is 5.11 Å². The van der Waals surface area contributed by atoms with Crippen LogP contribution in [0.5, 0.6) is 0 Å². The Morgan fingerprint density at radius 3 is 2.70 bits per heavy atom. The average Bonchev–Trinajstić information content (AvgIpc) is 2.49. The second-order valence-electron chi connectivity index (χ2n) is 4.56. The maximum atomic E-state index is 9.28. The van der Waals surface area contributed by atoms with Gasteiger partial charge in [-0.1, -0.05) is 30.3 Å². The van der Waals surface area contributed by atoms with E-state index in [2.05, 4.69) is 27.3 Å². The second-order valence-corrected chi connectivity index (χ2v) is 4.56. The van der Waals surface area contributed by atoms with Gasteiger partial charge in [0.05, 0.1) is 6.61 Å². The first-order valence-corrected chi connectivity index (χ1v) is 6.93. The van der Waals surface area contributed by atoms with E-state index in [0.717, 1.165) is 24.6 Å². The number of rotatable bonds is 7. The van der Waals surface area contributed by atoms with Gasteiger partial charge < -0.3 is 15.3 Å². The van der Waals surface area contributed by atoms with Crippen LogP contribution in [0.1, 0.15) is 12.5 Å². The summed E-state index contributed by atoms with van der Waals surface area (Å²) in [6.07, 6.45) is 1.79. The van der Waals surface area contributed by atoms with Crippen molar-refractivity contribution in [2.24, 2.45) is 0 Å². The lowest BCUT2D eigenvalue weighted by Gasteiger charge is -2.24. The van der Waals surface area contributed by atoms with Gasteiger partial charge in [-0.2, -0.15) is 0 Å². The largest absolute Gasteiger partial charge is 0.395 e. The lowest BCUT2D eigenvalue weighted by molar-refractivity contribution is 0.301. The van der Waals surface area contributed by atoms with Gasteiger partial charge in [-0.3, -0.25) is 0 Å². The average molecular weight is 271 g/mol. The van der Waals surface area contributed by atoms with E-state index in [0.29, 0.717) is 6.54 Å². The summed E-state index contributed by atoms with van der Waals surface area (Å²) >= 11 is 0. The number of benzene rings is 1. The summed E-state index contributed by atoms with van der Waals surface area (Å²) in [4.78, 5) is 6.43. The fourth-order valence-corrected chi connectivity index (χ4v) is 2.12. The Labute approximate surface area is 120 Å². The number of aromatic nitrogens is 1. The van der Waals surface area contributed by atoms with Crippen molar-refractivity contribution in [3.05, 3.63) is 54.2 Å². The topological polar surface area (TPSA) is 48.4 Å². The molecule has 0 spiro atoms. The van der Waals surface area contributed by atoms with Crippen LogP contribution in [0, 0.1) is 0 Å². The second kappa shape index (κ2) is 7.50. The SMILES string of the molecule is CCNc1cc(N(CCO)Cc2ccccc2)ccn1. The molecule has 0 atom stereocenters. The number of nitrogens with zero attached hydrogens (tertiary/aromatic N) is 2. The number of aliphatic hydroxyl groups is 1. The summed E-state index contributed by atoms with van der Waals surface area (Å²) in [6, 6.07) is 14.2. The molecule has 0 aliphatic rings. The van der Waals surface area contributed by atoms with Crippen LogP contribution < -0.4 is 10.2 Å². The van der Waals surface area contributed by atoms with E-state index < -0.39 is 0 Å². The zero-order valence-corrected chi connectivity index (χ0v) is 11.8. The van der Waals surface area contributed by atoms with Crippen LogP contribution in [-0.4, -0.2) is 29.8 Å². The molecule has 0 radical (unpaired) electrons. The van der Waals surface area contributed by atoms with Crippen LogP contribution in [0.4, 0.5) is 11.5 Å². The van der Waals surface area contributed by atoms with E-state index >= 15 is 0 Å².